The molecule has 1 fully saturated rings. The largest absolute Gasteiger partial charge is 0.459 e. The molecule has 2 N–H and O–H groups in total. The lowest BCUT2D eigenvalue weighted by Gasteiger charge is -2.41. The number of rotatable bonds is 13. The maximum Gasteiger partial charge on any atom is 0.338 e. The first kappa shape index (κ1) is 27.8. The first-order valence-electron chi connectivity index (χ1n) is 12.6. The van der Waals surface area contributed by atoms with Crippen molar-refractivity contribution in [2.75, 3.05) is 13.2 Å². The van der Waals surface area contributed by atoms with E-state index in [1.165, 1.54) is 12.8 Å². The minimum Gasteiger partial charge on any atom is -0.459 e. The van der Waals surface area contributed by atoms with Gasteiger partial charge in [-0.3, -0.25) is 0 Å². The normalized spacial score (nSPS) is 23.7. The van der Waals surface area contributed by atoms with Crippen LogP contribution >= 0.6 is 0 Å². The number of benzene rings is 2. The van der Waals surface area contributed by atoms with Crippen molar-refractivity contribution in [3.05, 3.63) is 71.8 Å². The van der Waals surface area contributed by atoms with Crippen molar-refractivity contribution in [3.63, 3.8) is 0 Å². The van der Waals surface area contributed by atoms with Crippen LogP contribution in [0.2, 0.25) is 0 Å². The van der Waals surface area contributed by atoms with Gasteiger partial charge < -0.3 is 29.2 Å². The highest BCUT2D eigenvalue weighted by Crippen LogP contribution is 2.26. The van der Waals surface area contributed by atoms with Gasteiger partial charge in [-0.1, -0.05) is 75.4 Å². The molecule has 0 unspecified atom stereocenters. The van der Waals surface area contributed by atoms with E-state index >= 15 is 0 Å². The Hall–Kier alpha value is -2.78. The van der Waals surface area contributed by atoms with Gasteiger partial charge in [0, 0.05) is 6.61 Å². The maximum absolute atomic E-state index is 12.6. The van der Waals surface area contributed by atoms with E-state index in [0.29, 0.717) is 12.2 Å². The molecule has 0 radical (unpaired) electrons. The van der Waals surface area contributed by atoms with Crippen LogP contribution in [0.4, 0.5) is 0 Å². The van der Waals surface area contributed by atoms with Gasteiger partial charge in [0.15, 0.2) is 12.4 Å². The quantitative estimate of drug-likeness (QED) is 0.315. The summed E-state index contributed by atoms with van der Waals surface area (Å²) in [5, 5.41) is 21.7. The number of aliphatic hydroxyl groups is 2. The number of esters is 2. The maximum atomic E-state index is 12.6. The zero-order valence-electron chi connectivity index (χ0n) is 20.7. The van der Waals surface area contributed by atoms with Crippen LogP contribution in [0, 0.1) is 0 Å². The first-order chi connectivity index (χ1) is 17.5. The number of hydrogen-bond donors (Lipinski definition) is 2. The van der Waals surface area contributed by atoms with Crippen LogP contribution in [0.5, 0.6) is 0 Å². The van der Waals surface area contributed by atoms with Gasteiger partial charge in [-0.15, -0.1) is 0 Å². The first-order valence-corrected chi connectivity index (χ1v) is 12.6. The summed E-state index contributed by atoms with van der Waals surface area (Å²) in [6, 6.07) is 16.7. The predicted octanol–water partition coefficient (Wildman–Crippen LogP) is 3.89. The molecule has 196 valence electrons. The Kier molecular flexibility index (Phi) is 11.4. The summed E-state index contributed by atoms with van der Waals surface area (Å²) in [5.74, 6) is -1.28. The summed E-state index contributed by atoms with van der Waals surface area (Å²) < 4.78 is 22.4. The third-order valence-corrected chi connectivity index (χ3v) is 6.06. The molecule has 36 heavy (non-hydrogen) atoms. The molecule has 0 aliphatic carbocycles. The second-order valence-corrected chi connectivity index (χ2v) is 8.86. The summed E-state index contributed by atoms with van der Waals surface area (Å²) in [4.78, 5) is 25.0. The smallest absolute Gasteiger partial charge is 0.338 e. The Morgan fingerprint density at radius 1 is 0.806 bits per heavy atom. The monoisotopic (exact) mass is 500 g/mol. The lowest BCUT2D eigenvalue weighted by Crippen LogP contribution is -2.60. The standard InChI is InChI=1S/C28H36O8/c1-2-3-4-5-6-13-18-33-28-24(30)25(36-27(32)21-16-11-8-12-17-21)23(29)22(35-28)19-34-26(31)20-14-9-7-10-15-20/h7-12,14-17,22-25,28-30H,2-6,13,18-19H2,1H3/t22-,23+,24-,25+,28-/m1/s1. The summed E-state index contributed by atoms with van der Waals surface area (Å²) in [7, 11) is 0. The van der Waals surface area contributed by atoms with Crippen LogP contribution < -0.4 is 0 Å². The van der Waals surface area contributed by atoms with Crippen LogP contribution in [0.15, 0.2) is 60.7 Å². The molecule has 2 aromatic carbocycles. The van der Waals surface area contributed by atoms with Crippen molar-refractivity contribution < 1.29 is 38.7 Å². The highest BCUT2D eigenvalue weighted by molar-refractivity contribution is 5.89. The zero-order valence-corrected chi connectivity index (χ0v) is 20.7. The highest BCUT2D eigenvalue weighted by Gasteiger charge is 2.48. The summed E-state index contributed by atoms with van der Waals surface area (Å²) >= 11 is 0. The second-order valence-electron chi connectivity index (χ2n) is 8.86. The Bertz CT molecular complexity index is 920. The van der Waals surface area contributed by atoms with Crippen molar-refractivity contribution in [3.8, 4) is 0 Å². The Labute approximate surface area is 212 Å². The van der Waals surface area contributed by atoms with Crippen LogP contribution in [0.3, 0.4) is 0 Å². The summed E-state index contributed by atoms with van der Waals surface area (Å²) in [5.41, 5.74) is 0.630. The topological polar surface area (TPSA) is 112 Å². The number of ether oxygens (including phenoxy) is 4. The minimum atomic E-state index is -1.44. The fourth-order valence-electron chi connectivity index (χ4n) is 3.98. The number of hydrogen-bond acceptors (Lipinski definition) is 8. The van der Waals surface area contributed by atoms with Crippen LogP contribution in [0.25, 0.3) is 0 Å². The molecule has 0 aromatic heterocycles. The Morgan fingerprint density at radius 3 is 2.03 bits per heavy atom. The molecule has 1 aliphatic rings. The number of aliphatic hydroxyl groups excluding tert-OH is 2. The van der Waals surface area contributed by atoms with Gasteiger partial charge in [0.1, 0.15) is 24.9 Å². The van der Waals surface area contributed by atoms with Crippen molar-refractivity contribution >= 4 is 11.9 Å². The van der Waals surface area contributed by atoms with Crippen molar-refractivity contribution in [1.29, 1.82) is 0 Å². The van der Waals surface area contributed by atoms with Gasteiger partial charge in [-0.2, -0.15) is 0 Å². The van der Waals surface area contributed by atoms with Crippen molar-refractivity contribution in [2.45, 2.75) is 76.2 Å². The lowest BCUT2D eigenvalue weighted by molar-refractivity contribution is -0.300. The third-order valence-electron chi connectivity index (χ3n) is 6.06. The van der Waals surface area contributed by atoms with E-state index in [1.807, 2.05) is 0 Å². The van der Waals surface area contributed by atoms with E-state index < -0.39 is 42.6 Å². The predicted molar refractivity (Wildman–Crippen MR) is 132 cm³/mol. The number of unbranched alkanes of at least 4 members (excludes halogenated alkanes) is 5. The molecule has 0 bridgehead atoms. The van der Waals surface area contributed by atoms with Gasteiger partial charge in [0.2, 0.25) is 0 Å². The molecule has 1 aliphatic heterocycles. The van der Waals surface area contributed by atoms with E-state index in [1.54, 1.807) is 60.7 Å². The lowest BCUT2D eigenvalue weighted by atomic mass is 9.98. The van der Waals surface area contributed by atoms with Crippen molar-refractivity contribution in [2.24, 2.45) is 0 Å². The van der Waals surface area contributed by atoms with Gasteiger partial charge in [0.25, 0.3) is 0 Å². The minimum absolute atomic E-state index is 0.278. The second kappa shape index (κ2) is 14.7. The molecule has 5 atom stereocenters. The summed E-state index contributed by atoms with van der Waals surface area (Å²) in [6.45, 7) is 2.19. The average Bonchev–Trinajstić information content (AvgIpc) is 2.91. The SMILES string of the molecule is CCCCCCCCO[C@@H]1O[C@H](COC(=O)c2ccccc2)[C@H](O)[C@H](OC(=O)c2ccccc2)[C@H]1O. The van der Waals surface area contributed by atoms with Gasteiger partial charge >= 0.3 is 11.9 Å². The van der Waals surface area contributed by atoms with E-state index in [2.05, 4.69) is 6.92 Å². The highest BCUT2D eigenvalue weighted by atomic mass is 16.7. The van der Waals surface area contributed by atoms with Gasteiger partial charge in [0.05, 0.1) is 11.1 Å². The molecule has 0 amide bonds. The molecular weight excluding hydrogens is 464 g/mol. The van der Waals surface area contributed by atoms with Crippen molar-refractivity contribution in [1.82, 2.24) is 0 Å². The van der Waals surface area contributed by atoms with Crippen LogP contribution in [0.1, 0.15) is 66.2 Å². The summed E-state index contributed by atoms with van der Waals surface area (Å²) in [6.07, 6.45) is -0.0301. The fourth-order valence-corrected chi connectivity index (χ4v) is 3.98. The Balaban J connectivity index is 1.63. The molecule has 1 heterocycles. The number of carbonyl (C=O) groups is 2. The molecule has 0 saturated carbocycles. The Morgan fingerprint density at radius 2 is 1.39 bits per heavy atom. The van der Waals surface area contributed by atoms with E-state index in [0.717, 1.165) is 25.7 Å². The molecule has 8 nitrogen and oxygen atoms in total. The van der Waals surface area contributed by atoms with Crippen LogP contribution in [-0.2, 0) is 18.9 Å². The van der Waals surface area contributed by atoms with E-state index in [-0.39, 0.29) is 12.2 Å². The zero-order chi connectivity index (χ0) is 25.8. The molecule has 3 rings (SSSR count). The molecular formula is C28H36O8. The number of carbonyl (C=O) groups excluding carboxylic acids is 2. The van der Waals surface area contributed by atoms with Crippen LogP contribution in [-0.4, -0.2) is 66.1 Å². The van der Waals surface area contributed by atoms with Gasteiger partial charge in [-0.05, 0) is 30.7 Å². The molecule has 8 heteroatoms. The van der Waals surface area contributed by atoms with E-state index in [4.69, 9.17) is 18.9 Å². The molecule has 0 spiro atoms. The molecule has 1 saturated heterocycles. The van der Waals surface area contributed by atoms with Gasteiger partial charge in [-0.25, -0.2) is 9.59 Å². The molecule has 2 aromatic rings. The van der Waals surface area contributed by atoms with E-state index in [9.17, 15) is 19.8 Å². The average molecular weight is 501 g/mol. The fraction of sp³-hybridized carbons (Fsp3) is 0.500. The third kappa shape index (κ3) is 8.13.